The quantitative estimate of drug-likeness (QED) is 0.491. The van der Waals surface area contributed by atoms with E-state index in [1.807, 2.05) is 67.6 Å². The molecule has 27 heavy (non-hydrogen) atoms. The van der Waals surface area contributed by atoms with Crippen LogP contribution < -0.4 is 15.8 Å². The van der Waals surface area contributed by atoms with E-state index in [0.717, 1.165) is 28.1 Å². The number of rotatable bonds is 6. The molecule has 0 unspecified atom stereocenters. The predicted molar refractivity (Wildman–Crippen MR) is 110 cm³/mol. The minimum absolute atomic E-state index is 0.188. The number of aryl methyl sites for hydroxylation is 1. The molecule has 3 rings (SSSR count). The summed E-state index contributed by atoms with van der Waals surface area (Å²) < 4.78 is 5.76. The van der Waals surface area contributed by atoms with Crippen molar-refractivity contribution in [3.63, 3.8) is 0 Å². The van der Waals surface area contributed by atoms with Crippen LogP contribution in [0, 0.1) is 6.92 Å². The topological polar surface area (TPSA) is 64.3 Å². The van der Waals surface area contributed by atoms with E-state index in [1.54, 1.807) is 18.2 Å². The zero-order valence-corrected chi connectivity index (χ0v) is 15.2. The van der Waals surface area contributed by atoms with Crippen LogP contribution in [-0.4, -0.2) is 5.91 Å². The van der Waals surface area contributed by atoms with Crippen LogP contribution in [0.3, 0.4) is 0 Å². The summed E-state index contributed by atoms with van der Waals surface area (Å²) in [6.07, 6.45) is 3.28. The molecule has 0 saturated heterocycles. The fraction of sp³-hybridized carbons (Fsp3) is 0.0870. The van der Waals surface area contributed by atoms with Crippen molar-refractivity contribution < 1.29 is 9.53 Å². The Labute approximate surface area is 159 Å². The van der Waals surface area contributed by atoms with Gasteiger partial charge in [-0.05, 0) is 60.0 Å². The van der Waals surface area contributed by atoms with Gasteiger partial charge in [0.15, 0.2) is 0 Å². The fourth-order valence-electron chi connectivity index (χ4n) is 2.59. The first-order valence-electron chi connectivity index (χ1n) is 8.72. The number of hydrogen-bond donors (Lipinski definition) is 2. The molecule has 0 aliphatic heterocycles. The standard InChI is InChI=1S/C23H22N2O2/c1-17-15-20(24)10-13-22(17)25-23(26)14-9-18-7-11-21(12-8-18)27-16-19-5-3-2-4-6-19/h2-15H,16,24H2,1H3,(H,25,26)/b14-9+. The number of ether oxygens (including phenoxy) is 1. The van der Waals surface area contributed by atoms with Crippen molar-refractivity contribution in [3.8, 4) is 5.75 Å². The van der Waals surface area contributed by atoms with Gasteiger partial charge >= 0.3 is 0 Å². The highest BCUT2D eigenvalue weighted by Crippen LogP contribution is 2.18. The molecule has 4 heteroatoms. The zero-order chi connectivity index (χ0) is 19.1. The molecule has 0 bridgehead atoms. The van der Waals surface area contributed by atoms with Crippen LogP contribution in [0.15, 0.2) is 78.9 Å². The predicted octanol–water partition coefficient (Wildman–Crippen LogP) is 4.81. The van der Waals surface area contributed by atoms with Gasteiger partial charge in [-0.1, -0.05) is 42.5 Å². The lowest BCUT2D eigenvalue weighted by molar-refractivity contribution is -0.111. The van der Waals surface area contributed by atoms with E-state index < -0.39 is 0 Å². The Morgan fingerprint density at radius 3 is 2.48 bits per heavy atom. The van der Waals surface area contributed by atoms with Crippen LogP contribution in [0.25, 0.3) is 6.08 Å². The van der Waals surface area contributed by atoms with Gasteiger partial charge < -0.3 is 15.8 Å². The van der Waals surface area contributed by atoms with Crippen molar-refractivity contribution in [2.75, 3.05) is 11.1 Å². The number of nitrogens with two attached hydrogens (primary N) is 1. The van der Waals surface area contributed by atoms with E-state index in [1.165, 1.54) is 6.08 Å². The summed E-state index contributed by atoms with van der Waals surface area (Å²) in [5.41, 5.74) is 10.1. The van der Waals surface area contributed by atoms with Gasteiger partial charge in [0.25, 0.3) is 0 Å². The van der Waals surface area contributed by atoms with E-state index in [4.69, 9.17) is 10.5 Å². The highest BCUT2D eigenvalue weighted by molar-refractivity contribution is 6.02. The molecule has 1 amide bonds. The molecule has 136 valence electrons. The summed E-state index contributed by atoms with van der Waals surface area (Å²) in [4.78, 5) is 12.1. The third-order valence-electron chi connectivity index (χ3n) is 4.06. The van der Waals surface area contributed by atoms with Crippen LogP contribution in [0.2, 0.25) is 0 Å². The summed E-state index contributed by atoms with van der Waals surface area (Å²) in [6, 6.07) is 23.0. The summed E-state index contributed by atoms with van der Waals surface area (Å²) in [7, 11) is 0. The first-order valence-corrected chi connectivity index (χ1v) is 8.72. The average molecular weight is 358 g/mol. The van der Waals surface area contributed by atoms with Gasteiger partial charge in [-0.15, -0.1) is 0 Å². The minimum Gasteiger partial charge on any atom is -0.489 e. The second-order valence-electron chi connectivity index (χ2n) is 6.24. The first kappa shape index (κ1) is 18.3. The van der Waals surface area contributed by atoms with Crippen molar-refractivity contribution in [2.24, 2.45) is 0 Å². The molecule has 0 heterocycles. The van der Waals surface area contributed by atoms with Crippen LogP contribution in [-0.2, 0) is 11.4 Å². The Hall–Kier alpha value is -3.53. The zero-order valence-electron chi connectivity index (χ0n) is 15.2. The van der Waals surface area contributed by atoms with Gasteiger partial charge in [0.2, 0.25) is 5.91 Å². The third kappa shape index (κ3) is 5.47. The SMILES string of the molecule is Cc1cc(N)ccc1NC(=O)/C=C/c1ccc(OCc2ccccc2)cc1. The largest absolute Gasteiger partial charge is 0.489 e. The van der Waals surface area contributed by atoms with E-state index >= 15 is 0 Å². The van der Waals surface area contributed by atoms with E-state index in [9.17, 15) is 4.79 Å². The molecule has 0 radical (unpaired) electrons. The minimum atomic E-state index is -0.188. The van der Waals surface area contributed by atoms with Crippen molar-refractivity contribution in [2.45, 2.75) is 13.5 Å². The molecule has 0 saturated carbocycles. The van der Waals surface area contributed by atoms with Crippen molar-refractivity contribution in [1.29, 1.82) is 0 Å². The van der Waals surface area contributed by atoms with Gasteiger partial charge in [-0.3, -0.25) is 4.79 Å². The van der Waals surface area contributed by atoms with Gasteiger partial charge in [0, 0.05) is 17.5 Å². The van der Waals surface area contributed by atoms with Crippen molar-refractivity contribution >= 4 is 23.4 Å². The average Bonchev–Trinajstić information content (AvgIpc) is 2.68. The smallest absolute Gasteiger partial charge is 0.248 e. The molecule has 0 aliphatic carbocycles. The molecular formula is C23H22N2O2. The maximum absolute atomic E-state index is 12.1. The Morgan fingerprint density at radius 2 is 1.78 bits per heavy atom. The maximum Gasteiger partial charge on any atom is 0.248 e. The number of carbonyl (C=O) groups excluding carboxylic acids is 1. The van der Waals surface area contributed by atoms with Crippen molar-refractivity contribution in [1.82, 2.24) is 0 Å². The number of carbonyl (C=O) groups is 1. The number of amides is 1. The number of hydrogen-bond acceptors (Lipinski definition) is 3. The molecule has 0 aliphatic rings. The van der Waals surface area contributed by atoms with E-state index in [2.05, 4.69) is 5.32 Å². The van der Waals surface area contributed by atoms with E-state index in [0.29, 0.717) is 12.3 Å². The highest BCUT2D eigenvalue weighted by atomic mass is 16.5. The van der Waals surface area contributed by atoms with Gasteiger partial charge in [-0.2, -0.15) is 0 Å². The molecule has 0 atom stereocenters. The number of anilines is 2. The molecule has 3 aromatic rings. The Morgan fingerprint density at radius 1 is 1.04 bits per heavy atom. The van der Waals surface area contributed by atoms with Gasteiger partial charge in [0.1, 0.15) is 12.4 Å². The third-order valence-corrected chi connectivity index (χ3v) is 4.06. The lowest BCUT2D eigenvalue weighted by atomic mass is 10.1. The van der Waals surface area contributed by atoms with Crippen LogP contribution in [0.4, 0.5) is 11.4 Å². The van der Waals surface area contributed by atoms with Gasteiger partial charge in [-0.25, -0.2) is 0 Å². The lowest BCUT2D eigenvalue weighted by Crippen LogP contribution is -2.09. The van der Waals surface area contributed by atoms with Crippen LogP contribution >= 0.6 is 0 Å². The molecule has 0 aromatic heterocycles. The monoisotopic (exact) mass is 358 g/mol. The normalized spacial score (nSPS) is 10.7. The van der Waals surface area contributed by atoms with Crippen LogP contribution in [0.5, 0.6) is 5.75 Å². The number of nitrogens with one attached hydrogen (secondary N) is 1. The summed E-state index contributed by atoms with van der Waals surface area (Å²) in [5.74, 6) is 0.602. The fourth-order valence-corrected chi connectivity index (χ4v) is 2.59. The molecule has 3 aromatic carbocycles. The molecular weight excluding hydrogens is 336 g/mol. The second kappa shape index (κ2) is 8.72. The number of nitrogen functional groups attached to an aromatic ring is 1. The van der Waals surface area contributed by atoms with Crippen molar-refractivity contribution in [3.05, 3.63) is 95.6 Å². The number of benzene rings is 3. The van der Waals surface area contributed by atoms with Gasteiger partial charge in [0.05, 0.1) is 0 Å². The summed E-state index contributed by atoms with van der Waals surface area (Å²) >= 11 is 0. The molecule has 0 fully saturated rings. The summed E-state index contributed by atoms with van der Waals surface area (Å²) in [6.45, 7) is 2.43. The molecule has 4 nitrogen and oxygen atoms in total. The van der Waals surface area contributed by atoms with Crippen LogP contribution in [0.1, 0.15) is 16.7 Å². The highest BCUT2D eigenvalue weighted by Gasteiger charge is 2.02. The summed E-state index contributed by atoms with van der Waals surface area (Å²) in [5, 5.41) is 2.85. The molecule has 0 spiro atoms. The maximum atomic E-state index is 12.1. The Bertz CT molecular complexity index is 932. The van der Waals surface area contributed by atoms with E-state index in [-0.39, 0.29) is 5.91 Å². The lowest BCUT2D eigenvalue weighted by Gasteiger charge is -2.07. The Kier molecular flexibility index (Phi) is 5.90. The first-order chi connectivity index (χ1) is 13.1. The second-order valence-corrected chi connectivity index (χ2v) is 6.24. The molecule has 3 N–H and O–H groups in total. The Balaban J connectivity index is 1.54.